The number of nitrogens with zero attached hydrogens (tertiary/aromatic N) is 6. The molecule has 0 N–H and O–H groups in total. The van der Waals surface area contributed by atoms with Gasteiger partial charge in [0.2, 0.25) is 0 Å². The Hall–Kier alpha value is -3.94. The lowest BCUT2D eigenvalue weighted by Gasteiger charge is -2.30. The summed E-state index contributed by atoms with van der Waals surface area (Å²) >= 11 is 0. The minimum absolute atomic E-state index is 0.0181. The van der Waals surface area contributed by atoms with Gasteiger partial charge in [-0.25, -0.2) is 14.5 Å². The fraction of sp³-hybridized carbons (Fsp3) is 0.280. The van der Waals surface area contributed by atoms with E-state index in [1.54, 1.807) is 16.8 Å². The third-order valence-electron chi connectivity index (χ3n) is 6.58. The van der Waals surface area contributed by atoms with Crippen molar-refractivity contribution in [1.82, 2.24) is 24.1 Å². The number of hydrogen-bond donors (Lipinski definition) is 0. The van der Waals surface area contributed by atoms with Crippen LogP contribution >= 0.6 is 0 Å². The summed E-state index contributed by atoms with van der Waals surface area (Å²) in [7, 11) is 0. The molecule has 0 spiro atoms. The van der Waals surface area contributed by atoms with E-state index in [0.29, 0.717) is 30.8 Å². The van der Waals surface area contributed by atoms with Gasteiger partial charge in [-0.05, 0) is 48.6 Å². The van der Waals surface area contributed by atoms with Gasteiger partial charge in [0.15, 0.2) is 5.65 Å². The normalized spacial score (nSPS) is 15.1. The number of amides is 1. The van der Waals surface area contributed by atoms with Crippen molar-refractivity contribution in [2.45, 2.75) is 39.4 Å². The fourth-order valence-electron chi connectivity index (χ4n) is 4.87. The summed E-state index contributed by atoms with van der Waals surface area (Å²) in [5.41, 5.74) is 5.55. The molecule has 1 amide bonds. The Kier molecular flexibility index (Phi) is 4.53. The summed E-state index contributed by atoms with van der Waals surface area (Å²) in [4.78, 5) is 34.3. The second kappa shape index (κ2) is 7.58. The van der Waals surface area contributed by atoms with Crippen molar-refractivity contribution in [2.75, 3.05) is 11.4 Å². The van der Waals surface area contributed by atoms with E-state index in [1.807, 2.05) is 42.2 Å². The maximum atomic E-state index is 13.2. The molecule has 0 unspecified atom stereocenters. The van der Waals surface area contributed by atoms with E-state index in [-0.39, 0.29) is 11.6 Å². The first kappa shape index (κ1) is 19.7. The Labute approximate surface area is 190 Å². The zero-order chi connectivity index (χ0) is 22.5. The van der Waals surface area contributed by atoms with E-state index < -0.39 is 0 Å². The zero-order valence-electron chi connectivity index (χ0n) is 18.4. The van der Waals surface area contributed by atoms with Crippen LogP contribution in [0.1, 0.15) is 40.4 Å². The summed E-state index contributed by atoms with van der Waals surface area (Å²) in [6, 6.07) is 14.0. The Morgan fingerprint density at radius 2 is 1.85 bits per heavy atom. The Morgan fingerprint density at radius 1 is 1.06 bits per heavy atom. The van der Waals surface area contributed by atoms with Crippen LogP contribution < -0.4 is 10.6 Å². The predicted octanol–water partition coefficient (Wildman–Crippen LogP) is 3.15. The first-order chi connectivity index (χ1) is 16.1. The number of benzene rings is 1. The molecule has 8 nitrogen and oxygen atoms in total. The van der Waals surface area contributed by atoms with Gasteiger partial charge in [0.1, 0.15) is 5.82 Å². The standard InChI is InChI=1S/C25H24N6O2/c1-2-31-25(33)30-11-9-21(13-22(30)27-31)29-10-5-8-17-12-20(14-26-23(17)29)24(32)28-15-18-6-3-4-7-19(18)16-28/h3-4,6-7,9,11-14H,2,5,8,10,15-16H2,1H3. The van der Waals surface area contributed by atoms with Crippen molar-refractivity contribution < 1.29 is 4.79 Å². The molecule has 0 saturated heterocycles. The summed E-state index contributed by atoms with van der Waals surface area (Å²) in [6.07, 6.45) is 5.30. The molecule has 166 valence electrons. The maximum absolute atomic E-state index is 13.2. The minimum Gasteiger partial charge on any atom is -0.330 e. The van der Waals surface area contributed by atoms with Gasteiger partial charge >= 0.3 is 5.69 Å². The third kappa shape index (κ3) is 3.21. The molecule has 0 aliphatic carbocycles. The molecule has 4 aromatic rings. The van der Waals surface area contributed by atoms with Gasteiger partial charge in [-0.2, -0.15) is 0 Å². The highest BCUT2D eigenvalue weighted by molar-refractivity contribution is 5.95. The summed E-state index contributed by atoms with van der Waals surface area (Å²) in [5, 5.41) is 4.41. The molecule has 5 heterocycles. The zero-order valence-corrected chi connectivity index (χ0v) is 18.4. The van der Waals surface area contributed by atoms with Crippen LogP contribution in [-0.2, 0) is 26.1 Å². The van der Waals surface area contributed by atoms with Crippen LogP contribution in [0.15, 0.2) is 59.7 Å². The first-order valence-corrected chi connectivity index (χ1v) is 11.3. The highest BCUT2D eigenvalue weighted by Crippen LogP contribution is 2.33. The number of anilines is 2. The molecule has 0 fully saturated rings. The van der Waals surface area contributed by atoms with Crippen LogP contribution in [0.25, 0.3) is 5.65 Å². The lowest BCUT2D eigenvalue weighted by molar-refractivity contribution is 0.0751. The molecular formula is C25H24N6O2. The second-order valence-corrected chi connectivity index (χ2v) is 8.60. The van der Waals surface area contributed by atoms with Gasteiger partial charge < -0.3 is 9.80 Å². The minimum atomic E-state index is -0.136. The van der Waals surface area contributed by atoms with Gasteiger partial charge in [-0.1, -0.05) is 24.3 Å². The van der Waals surface area contributed by atoms with Crippen molar-refractivity contribution in [2.24, 2.45) is 0 Å². The molecule has 33 heavy (non-hydrogen) atoms. The molecule has 2 aliphatic rings. The SMILES string of the molecule is CCn1nc2cc(N3CCCc4cc(C(=O)N5Cc6ccccc6C5)cnc43)ccn2c1=O. The highest BCUT2D eigenvalue weighted by Gasteiger charge is 2.27. The van der Waals surface area contributed by atoms with E-state index in [4.69, 9.17) is 4.98 Å². The Bertz CT molecular complexity index is 1430. The van der Waals surface area contributed by atoms with E-state index in [0.717, 1.165) is 36.5 Å². The lowest BCUT2D eigenvalue weighted by Crippen LogP contribution is -2.28. The average molecular weight is 441 g/mol. The Balaban J connectivity index is 1.30. The highest BCUT2D eigenvalue weighted by atomic mass is 16.2. The third-order valence-corrected chi connectivity index (χ3v) is 6.58. The molecule has 6 rings (SSSR count). The number of carbonyl (C=O) groups excluding carboxylic acids is 1. The van der Waals surface area contributed by atoms with E-state index in [9.17, 15) is 9.59 Å². The van der Waals surface area contributed by atoms with Crippen LogP contribution in [-0.4, -0.2) is 36.5 Å². The number of aromatic nitrogens is 4. The molecule has 0 bridgehead atoms. The van der Waals surface area contributed by atoms with Gasteiger partial charge in [-0.15, -0.1) is 5.10 Å². The lowest BCUT2D eigenvalue weighted by atomic mass is 10.0. The van der Waals surface area contributed by atoms with E-state index >= 15 is 0 Å². The van der Waals surface area contributed by atoms with Crippen LogP contribution in [0.3, 0.4) is 0 Å². The van der Waals surface area contributed by atoms with Crippen LogP contribution in [0.4, 0.5) is 11.5 Å². The Morgan fingerprint density at radius 3 is 2.61 bits per heavy atom. The topological polar surface area (TPSA) is 75.7 Å². The molecule has 2 aliphatic heterocycles. The smallest absolute Gasteiger partial charge is 0.330 e. The quantitative estimate of drug-likeness (QED) is 0.489. The predicted molar refractivity (Wildman–Crippen MR) is 125 cm³/mol. The number of pyridine rings is 2. The molecule has 3 aromatic heterocycles. The molecular weight excluding hydrogens is 416 g/mol. The first-order valence-electron chi connectivity index (χ1n) is 11.3. The number of fused-ring (bicyclic) bond motifs is 3. The van der Waals surface area contributed by atoms with Crippen molar-refractivity contribution in [3.05, 3.63) is 87.6 Å². The second-order valence-electron chi connectivity index (χ2n) is 8.60. The van der Waals surface area contributed by atoms with Crippen molar-refractivity contribution >= 4 is 23.1 Å². The van der Waals surface area contributed by atoms with Crippen LogP contribution in [0.2, 0.25) is 0 Å². The van der Waals surface area contributed by atoms with Crippen molar-refractivity contribution in [1.29, 1.82) is 0 Å². The number of hydrogen-bond acceptors (Lipinski definition) is 5. The summed E-state index contributed by atoms with van der Waals surface area (Å²) in [5.74, 6) is 0.883. The van der Waals surface area contributed by atoms with Crippen LogP contribution in [0.5, 0.6) is 0 Å². The van der Waals surface area contributed by atoms with Gasteiger partial charge in [0.05, 0.1) is 5.56 Å². The number of carbonyl (C=O) groups is 1. The fourth-order valence-corrected chi connectivity index (χ4v) is 4.87. The van der Waals surface area contributed by atoms with E-state index in [2.05, 4.69) is 22.1 Å². The largest absolute Gasteiger partial charge is 0.350 e. The molecule has 0 saturated carbocycles. The monoisotopic (exact) mass is 440 g/mol. The number of rotatable bonds is 3. The van der Waals surface area contributed by atoms with Gasteiger partial charge in [0.25, 0.3) is 5.91 Å². The summed E-state index contributed by atoms with van der Waals surface area (Å²) in [6.45, 7) is 4.54. The average Bonchev–Trinajstić information content (AvgIpc) is 3.43. The molecule has 1 aromatic carbocycles. The van der Waals surface area contributed by atoms with Crippen molar-refractivity contribution in [3.8, 4) is 0 Å². The van der Waals surface area contributed by atoms with Crippen molar-refractivity contribution in [3.63, 3.8) is 0 Å². The maximum Gasteiger partial charge on any atom is 0.350 e. The molecule has 0 atom stereocenters. The molecule has 8 heteroatoms. The summed E-state index contributed by atoms with van der Waals surface area (Å²) < 4.78 is 3.01. The van der Waals surface area contributed by atoms with Gasteiger partial charge in [0, 0.05) is 50.3 Å². The number of aryl methyl sites for hydroxylation is 2. The van der Waals surface area contributed by atoms with Crippen LogP contribution in [0, 0.1) is 0 Å². The van der Waals surface area contributed by atoms with Gasteiger partial charge in [-0.3, -0.25) is 9.20 Å². The van der Waals surface area contributed by atoms with E-state index in [1.165, 1.54) is 15.8 Å². The molecule has 0 radical (unpaired) electrons.